The molecule has 0 amide bonds. The lowest BCUT2D eigenvalue weighted by Crippen LogP contribution is -1.95. The molecule has 5 aromatic carbocycles. The Morgan fingerprint density at radius 3 is 1.36 bits per heavy atom. The summed E-state index contributed by atoms with van der Waals surface area (Å²) in [5, 5.41) is 3.31. The van der Waals surface area contributed by atoms with Gasteiger partial charge < -0.3 is 0 Å². The maximum absolute atomic E-state index is 5.11. The van der Waals surface area contributed by atoms with E-state index in [1.54, 1.807) is 0 Å². The van der Waals surface area contributed by atoms with Crippen LogP contribution in [0.25, 0.3) is 77.6 Å². The van der Waals surface area contributed by atoms with Gasteiger partial charge in [0.15, 0.2) is 5.82 Å². The molecule has 42 heavy (non-hydrogen) atoms. The summed E-state index contributed by atoms with van der Waals surface area (Å²) in [5.74, 6) is 0.707. The van der Waals surface area contributed by atoms with Crippen molar-refractivity contribution in [1.82, 2.24) is 19.9 Å². The Bertz CT molecular complexity index is 2230. The van der Waals surface area contributed by atoms with E-state index < -0.39 is 0 Å². The molecule has 0 N–H and O–H groups in total. The van der Waals surface area contributed by atoms with Crippen LogP contribution < -0.4 is 0 Å². The Morgan fingerprint density at radius 2 is 0.786 bits per heavy atom. The molecule has 0 unspecified atom stereocenters. The topological polar surface area (TPSA) is 51.6 Å². The molecule has 8 aromatic rings. The fourth-order valence-electron chi connectivity index (χ4n) is 5.73. The van der Waals surface area contributed by atoms with Gasteiger partial charge in [-0.2, -0.15) is 0 Å². The van der Waals surface area contributed by atoms with Gasteiger partial charge in [-0.25, -0.2) is 9.97 Å². The van der Waals surface area contributed by atoms with Gasteiger partial charge >= 0.3 is 0 Å². The van der Waals surface area contributed by atoms with Crippen LogP contribution in [0.1, 0.15) is 0 Å². The van der Waals surface area contributed by atoms with Crippen LogP contribution in [0.15, 0.2) is 146 Å². The van der Waals surface area contributed by atoms with E-state index >= 15 is 0 Å². The maximum atomic E-state index is 5.11. The van der Waals surface area contributed by atoms with Crippen molar-refractivity contribution in [2.75, 3.05) is 0 Å². The van der Waals surface area contributed by atoms with E-state index in [0.717, 1.165) is 66.2 Å². The second-order valence-electron chi connectivity index (χ2n) is 10.3. The van der Waals surface area contributed by atoms with Crippen LogP contribution in [0.5, 0.6) is 0 Å². The molecular weight excluding hydrogens is 512 g/mol. The minimum absolute atomic E-state index is 0.707. The molecule has 0 spiro atoms. The predicted octanol–water partition coefficient (Wildman–Crippen LogP) is 9.39. The van der Waals surface area contributed by atoms with Gasteiger partial charge in [0.05, 0.1) is 22.2 Å². The molecule has 0 aliphatic rings. The quantitative estimate of drug-likeness (QED) is 0.225. The van der Waals surface area contributed by atoms with Crippen LogP contribution in [0.2, 0.25) is 0 Å². The summed E-state index contributed by atoms with van der Waals surface area (Å²) in [5.41, 5.74) is 10.5. The number of fused-ring (bicyclic) bond motifs is 3. The highest BCUT2D eigenvalue weighted by Crippen LogP contribution is 2.34. The van der Waals surface area contributed by atoms with Gasteiger partial charge in [-0.05, 0) is 52.6 Å². The average molecular weight is 537 g/mol. The van der Waals surface area contributed by atoms with Crippen molar-refractivity contribution in [1.29, 1.82) is 0 Å². The molecule has 0 aliphatic carbocycles. The number of hydrogen-bond donors (Lipinski definition) is 0. The second kappa shape index (κ2) is 10.0. The van der Waals surface area contributed by atoms with Crippen molar-refractivity contribution >= 4 is 32.7 Å². The van der Waals surface area contributed by atoms with Crippen molar-refractivity contribution in [3.63, 3.8) is 0 Å². The highest BCUT2D eigenvalue weighted by Gasteiger charge is 2.13. The molecule has 0 aliphatic heterocycles. The highest BCUT2D eigenvalue weighted by atomic mass is 14.9. The first-order valence-corrected chi connectivity index (χ1v) is 14.0. The molecule has 4 heteroatoms. The Kier molecular flexibility index (Phi) is 5.75. The zero-order valence-electron chi connectivity index (χ0n) is 22.6. The van der Waals surface area contributed by atoms with E-state index in [0.29, 0.717) is 5.82 Å². The van der Waals surface area contributed by atoms with Gasteiger partial charge in [-0.3, -0.25) is 9.97 Å². The summed E-state index contributed by atoms with van der Waals surface area (Å²) >= 11 is 0. The molecular formula is C38H24N4. The number of aromatic nitrogens is 4. The van der Waals surface area contributed by atoms with Crippen LogP contribution in [-0.2, 0) is 0 Å². The summed E-state index contributed by atoms with van der Waals surface area (Å²) in [7, 11) is 0. The highest BCUT2D eigenvalue weighted by molar-refractivity contribution is 5.97. The molecule has 3 heterocycles. The summed E-state index contributed by atoms with van der Waals surface area (Å²) < 4.78 is 0. The van der Waals surface area contributed by atoms with Gasteiger partial charge in [0.1, 0.15) is 0 Å². The lowest BCUT2D eigenvalue weighted by molar-refractivity contribution is 1.23. The van der Waals surface area contributed by atoms with Crippen LogP contribution >= 0.6 is 0 Å². The fraction of sp³-hybridized carbons (Fsp3) is 0. The largest absolute Gasteiger partial charge is 0.256 e. The molecule has 0 bridgehead atoms. The second-order valence-corrected chi connectivity index (χ2v) is 10.3. The van der Waals surface area contributed by atoms with Gasteiger partial charge in [-0.1, -0.05) is 103 Å². The average Bonchev–Trinajstić information content (AvgIpc) is 3.07. The van der Waals surface area contributed by atoms with Crippen molar-refractivity contribution in [2.24, 2.45) is 0 Å². The monoisotopic (exact) mass is 536 g/mol. The van der Waals surface area contributed by atoms with Gasteiger partial charge in [0.25, 0.3) is 0 Å². The van der Waals surface area contributed by atoms with E-state index in [4.69, 9.17) is 9.97 Å². The third-order valence-corrected chi connectivity index (χ3v) is 7.82. The zero-order chi connectivity index (χ0) is 27.9. The minimum Gasteiger partial charge on any atom is -0.256 e. The van der Waals surface area contributed by atoms with E-state index in [1.165, 1.54) is 5.56 Å². The van der Waals surface area contributed by atoms with Gasteiger partial charge in [-0.15, -0.1) is 0 Å². The molecule has 0 atom stereocenters. The third kappa shape index (κ3) is 4.18. The predicted molar refractivity (Wildman–Crippen MR) is 172 cm³/mol. The van der Waals surface area contributed by atoms with Crippen LogP contribution in [-0.4, -0.2) is 19.9 Å². The number of nitrogens with zero attached hydrogens (tertiary/aromatic N) is 4. The standard InChI is InChI=1S/C38H24N4/c1-4-10-34-31(7-1)29(21-23-39-34)25-13-17-27(18-14-25)37-33-9-3-6-12-36(33)41-38(42-37)28-19-15-26(16-20-28)30-22-24-40-35-11-5-2-8-32(30)35/h1-24H. The van der Waals surface area contributed by atoms with Crippen molar-refractivity contribution < 1.29 is 0 Å². The molecule has 0 saturated carbocycles. The fourth-order valence-corrected chi connectivity index (χ4v) is 5.73. The summed E-state index contributed by atoms with van der Waals surface area (Å²) in [6.45, 7) is 0. The van der Waals surface area contributed by atoms with Gasteiger partial charge in [0.2, 0.25) is 0 Å². The number of benzene rings is 5. The van der Waals surface area contributed by atoms with Crippen LogP contribution in [0.4, 0.5) is 0 Å². The lowest BCUT2D eigenvalue weighted by Gasteiger charge is -2.11. The van der Waals surface area contributed by atoms with Crippen molar-refractivity contribution in [2.45, 2.75) is 0 Å². The normalized spacial score (nSPS) is 11.3. The number of pyridine rings is 2. The van der Waals surface area contributed by atoms with Crippen LogP contribution in [0, 0.1) is 0 Å². The summed E-state index contributed by atoms with van der Waals surface area (Å²) in [6, 6.07) is 46.0. The number of hydrogen-bond acceptors (Lipinski definition) is 4. The van der Waals surface area contributed by atoms with E-state index in [1.807, 2.05) is 48.8 Å². The molecule has 4 nitrogen and oxygen atoms in total. The molecule has 8 rings (SSSR count). The lowest BCUT2D eigenvalue weighted by atomic mass is 9.98. The first-order valence-electron chi connectivity index (χ1n) is 14.0. The van der Waals surface area contributed by atoms with Crippen molar-refractivity contribution in [3.8, 4) is 44.9 Å². The first-order chi connectivity index (χ1) is 20.8. The zero-order valence-corrected chi connectivity index (χ0v) is 22.6. The number of para-hydroxylation sites is 3. The molecule has 196 valence electrons. The molecule has 0 saturated heterocycles. The Balaban J connectivity index is 1.20. The Morgan fingerprint density at radius 1 is 0.333 bits per heavy atom. The third-order valence-electron chi connectivity index (χ3n) is 7.82. The Hall–Kier alpha value is -5.74. The van der Waals surface area contributed by atoms with Crippen LogP contribution in [0.3, 0.4) is 0 Å². The summed E-state index contributed by atoms with van der Waals surface area (Å²) in [6.07, 6.45) is 3.74. The number of rotatable bonds is 4. The first kappa shape index (κ1) is 24.1. The van der Waals surface area contributed by atoms with E-state index in [-0.39, 0.29) is 0 Å². The molecule has 0 radical (unpaired) electrons. The Labute approximate surface area is 243 Å². The van der Waals surface area contributed by atoms with Crippen molar-refractivity contribution in [3.05, 3.63) is 146 Å². The molecule has 3 aromatic heterocycles. The SMILES string of the molecule is c1ccc2c(-c3ccc(-c4nc(-c5ccc(-c6ccnc7ccccc67)cc5)c5ccccc5n4)cc3)ccnc2c1. The minimum atomic E-state index is 0.707. The summed E-state index contributed by atoms with van der Waals surface area (Å²) in [4.78, 5) is 19.1. The molecule has 0 fully saturated rings. The van der Waals surface area contributed by atoms with E-state index in [2.05, 4.69) is 107 Å². The van der Waals surface area contributed by atoms with Gasteiger partial charge in [0, 0.05) is 39.7 Å². The maximum Gasteiger partial charge on any atom is 0.160 e. The van der Waals surface area contributed by atoms with E-state index in [9.17, 15) is 0 Å². The smallest absolute Gasteiger partial charge is 0.160 e.